The molecule has 1 fully saturated rings. The minimum atomic E-state index is -0.178. The summed E-state index contributed by atoms with van der Waals surface area (Å²) < 4.78 is 7.27. The Labute approximate surface area is 157 Å². The number of hydrogen-bond donors (Lipinski definition) is 0. The number of rotatable bonds is 4. The molecule has 4 aromatic rings. The zero-order valence-electron chi connectivity index (χ0n) is 15.2. The van der Waals surface area contributed by atoms with Gasteiger partial charge in [0.05, 0.1) is 18.3 Å². The van der Waals surface area contributed by atoms with Crippen LogP contribution in [-0.4, -0.2) is 16.7 Å². The van der Waals surface area contributed by atoms with Crippen molar-refractivity contribution in [3.05, 3.63) is 71.1 Å². The van der Waals surface area contributed by atoms with E-state index in [9.17, 15) is 4.79 Å². The van der Waals surface area contributed by atoms with Crippen molar-refractivity contribution in [3.63, 3.8) is 0 Å². The summed E-state index contributed by atoms with van der Waals surface area (Å²) in [4.78, 5) is 17.4. The van der Waals surface area contributed by atoms with Crippen molar-refractivity contribution in [2.24, 2.45) is 5.92 Å². The summed E-state index contributed by atoms with van der Waals surface area (Å²) in [6.45, 7) is 0.741. The minimum Gasteiger partial charge on any atom is -0.497 e. The van der Waals surface area contributed by atoms with Crippen LogP contribution in [0.25, 0.3) is 32.9 Å². The van der Waals surface area contributed by atoms with Crippen LogP contribution < -0.4 is 10.4 Å². The molecule has 0 atom stereocenters. The second kappa shape index (κ2) is 6.23. The molecule has 134 valence electrons. The van der Waals surface area contributed by atoms with E-state index in [4.69, 9.17) is 4.74 Å². The highest BCUT2D eigenvalue weighted by atomic mass is 16.5. The summed E-state index contributed by atoms with van der Waals surface area (Å²) in [6, 6.07) is 20.2. The van der Waals surface area contributed by atoms with Gasteiger partial charge in [-0.1, -0.05) is 42.5 Å². The number of methoxy groups -OCH3 is 1. The number of fused-ring (bicyclic) bond motifs is 2. The Bertz CT molecular complexity index is 1220. The van der Waals surface area contributed by atoms with E-state index in [0.717, 1.165) is 45.2 Å². The van der Waals surface area contributed by atoms with Gasteiger partial charge < -0.3 is 4.74 Å². The van der Waals surface area contributed by atoms with Crippen molar-refractivity contribution in [3.8, 4) is 17.0 Å². The molecular formula is C23H20N2O2. The quantitative estimate of drug-likeness (QED) is 0.535. The molecule has 1 aromatic heterocycles. The van der Waals surface area contributed by atoms with Gasteiger partial charge in [0, 0.05) is 17.5 Å². The van der Waals surface area contributed by atoms with Crippen LogP contribution in [0.5, 0.6) is 5.75 Å². The van der Waals surface area contributed by atoms with Gasteiger partial charge in [0.2, 0.25) is 0 Å². The van der Waals surface area contributed by atoms with Crippen LogP contribution in [0.4, 0.5) is 0 Å². The van der Waals surface area contributed by atoms with E-state index in [1.807, 2.05) is 47.0 Å². The third kappa shape index (κ3) is 2.78. The third-order valence-corrected chi connectivity index (χ3v) is 5.37. The molecule has 1 heterocycles. The summed E-state index contributed by atoms with van der Waals surface area (Å²) in [6.07, 6.45) is 2.38. The molecule has 0 radical (unpaired) electrons. The third-order valence-electron chi connectivity index (χ3n) is 5.37. The van der Waals surface area contributed by atoms with Crippen LogP contribution in [0, 0.1) is 5.92 Å². The lowest BCUT2D eigenvalue weighted by atomic mass is 9.99. The van der Waals surface area contributed by atoms with Gasteiger partial charge in [0.25, 0.3) is 0 Å². The maximum atomic E-state index is 12.9. The number of aromatic nitrogens is 2. The molecule has 0 bridgehead atoms. The van der Waals surface area contributed by atoms with Crippen molar-refractivity contribution in [2.75, 3.05) is 7.11 Å². The highest BCUT2D eigenvalue weighted by Crippen LogP contribution is 2.35. The summed E-state index contributed by atoms with van der Waals surface area (Å²) in [5, 5.41) is 3.18. The van der Waals surface area contributed by atoms with Gasteiger partial charge in [-0.2, -0.15) is 4.98 Å². The summed E-state index contributed by atoms with van der Waals surface area (Å²) in [7, 11) is 1.66. The number of hydrogen-bond acceptors (Lipinski definition) is 3. The summed E-state index contributed by atoms with van der Waals surface area (Å²) >= 11 is 0. The normalized spacial score (nSPS) is 14.0. The second-order valence-corrected chi connectivity index (χ2v) is 7.21. The zero-order chi connectivity index (χ0) is 18.4. The molecule has 1 aliphatic carbocycles. The predicted octanol–water partition coefficient (Wildman–Crippen LogP) is 4.64. The Morgan fingerprint density at radius 2 is 1.85 bits per heavy atom. The fourth-order valence-corrected chi connectivity index (χ4v) is 3.76. The molecule has 3 aromatic carbocycles. The Kier molecular flexibility index (Phi) is 3.71. The van der Waals surface area contributed by atoms with E-state index in [1.165, 1.54) is 12.8 Å². The van der Waals surface area contributed by atoms with Crippen LogP contribution in [0.3, 0.4) is 0 Å². The van der Waals surface area contributed by atoms with Gasteiger partial charge >= 0.3 is 5.69 Å². The first kappa shape index (κ1) is 16.1. The lowest BCUT2D eigenvalue weighted by molar-refractivity contribution is 0.415. The largest absolute Gasteiger partial charge is 0.497 e. The number of nitrogens with zero attached hydrogens (tertiary/aromatic N) is 2. The van der Waals surface area contributed by atoms with Crippen molar-refractivity contribution in [1.82, 2.24) is 9.55 Å². The molecular weight excluding hydrogens is 336 g/mol. The Morgan fingerprint density at radius 1 is 1.04 bits per heavy atom. The van der Waals surface area contributed by atoms with Gasteiger partial charge in [-0.05, 0) is 47.7 Å². The molecule has 0 amide bonds. The molecule has 1 aliphatic rings. The summed E-state index contributed by atoms with van der Waals surface area (Å²) in [5.74, 6) is 1.36. The van der Waals surface area contributed by atoms with Gasteiger partial charge in [0.15, 0.2) is 0 Å². The van der Waals surface area contributed by atoms with Crippen LogP contribution in [0.1, 0.15) is 12.8 Å². The Hall–Kier alpha value is -3.14. The average molecular weight is 356 g/mol. The standard InChI is InChI=1S/C23H20N2O2/c1-27-17-11-12-21-20(13-17)22(24-23(26)25(21)14-15-9-10-15)19-8-4-6-16-5-2-3-7-18(16)19/h2-8,11-13,15H,9-10,14H2,1H3. The highest BCUT2D eigenvalue weighted by molar-refractivity contribution is 6.03. The van der Waals surface area contributed by atoms with Crippen LogP contribution in [0.2, 0.25) is 0 Å². The van der Waals surface area contributed by atoms with Gasteiger partial charge in [-0.25, -0.2) is 4.79 Å². The van der Waals surface area contributed by atoms with Gasteiger partial charge in [0.1, 0.15) is 5.75 Å². The second-order valence-electron chi connectivity index (χ2n) is 7.21. The topological polar surface area (TPSA) is 44.1 Å². The first-order valence-corrected chi connectivity index (χ1v) is 9.31. The van der Waals surface area contributed by atoms with E-state index >= 15 is 0 Å². The monoisotopic (exact) mass is 356 g/mol. The fourth-order valence-electron chi connectivity index (χ4n) is 3.76. The first-order valence-electron chi connectivity index (χ1n) is 9.31. The van der Waals surface area contributed by atoms with E-state index < -0.39 is 0 Å². The van der Waals surface area contributed by atoms with Crippen LogP contribution >= 0.6 is 0 Å². The molecule has 0 saturated heterocycles. The van der Waals surface area contributed by atoms with Crippen molar-refractivity contribution in [1.29, 1.82) is 0 Å². The molecule has 1 saturated carbocycles. The molecule has 0 unspecified atom stereocenters. The zero-order valence-corrected chi connectivity index (χ0v) is 15.2. The van der Waals surface area contributed by atoms with Crippen LogP contribution in [-0.2, 0) is 6.54 Å². The molecule has 4 nitrogen and oxygen atoms in total. The molecule has 0 N–H and O–H groups in total. The predicted molar refractivity (Wildman–Crippen MR) is 108 cm³/mol. The molecule has 27 heavy (non-hydrogen) atoms. The Morgan fingerprint density at radius 3 is 2.67 bits per heavy atom. The molecule has 0 spiro atoms. The minimum absolute atomic E-state index is 0.178. The first-order chi connectivity index (χ1) is 13.2. The lowest BCUT2D eigenvalue weighted by Gasteiger charge is -2.14. The van der Waals surface area contributed by atoms with Crippen LogP contribution in [0.15, 0.2) is 65.5 Å². The van der Waals surface area contributed by atoms with E-state index in [2.05, 4.69) is 23.2 Å². The van der Waals surface area contributed by atoms with E-state index in [1.54, 1.807) is 7.11 Å². The lowest BCUT2D eigenvalue weighted by Crippen LogP contribution is -2.25. The van der Waals surface area contributed by atoms with Crippen molar-refractivity contribution in [2.45, 2.75) is 19.4 Å². The number of benzene rings is 3. The molecule has 5 rings (SSSR count). The summed E-state index contributed by atoms with van der Waals surface area (Å²) in [5.41, 5.74) is 2.44. The highest BCUT2D eigenvalue weighted by Gasteiger charge is 2.24. The maximum absolute atomic E-state index is 12.9. The molecule has 0 aliphatic heterocycles. The fraction of sp³-hybridized carbons (Fsp3) is 0.217. The van der Waals surface area contributed by atoms with Gasteiger partial charge in [-0.15, -0.1) is 0 Å². The average Bonchev–Trinajstić information content (AvgIpc) is 3.53. The number of ether oxygens (including phenoxy) is 1. The van der Waals surface area contributed by atoms with E-state index in [-0.39, 0.29) is 5.69 Å². The Balaban J connectivity index is 1.84. The van der Waals surface area contributed by atoms with Crippen molar-refractivity contribution < 1.29 is 4.74 Å². The maximum Gasteiger partial charge on any atom is 0.348 e. The molecule has 4 heteroatoms. The smallest absolute Gasteiger partial charge is 0.348 e. The SMILES string of the molecule is COc1ccc2c(c1)c(-c1cccc3ccccc13)nc(=O)n2CC1CC1. The van der Waals surface area contributed by atoms with E-state index in [0.29, 0.717) is 5.92 Å². The van der Waals surface area contributed by atoms with Crippen molar-refractivity contribution >= 4 is 21.7 Å². The van der Waals surface area contributed by atoms with Gasteiger partial charge in [-0.3, -0.25) is 4.57 Å².